The third kappa shape index (κ3) is 3.99. The number of benzene rings is 2. The van der Waals surface area contributed by atoms with E-state index in [0.717, 1.165) is 38.7 Å². The van der Waals surface area contributed by atoms with Crippen LogP contribution in [0.5, 0.6) is 5.75 Å². The third-order valence-electron chi connectivity index (χ3n) is 6.30. The molecule has 3 heterocycles. The van der Waals surface area contributed by atoms with Gasteiger partial charge >= 0.3 is 0 Å². The molecule has 2 atom stereocenters. The first-order valence-electron chi connectivity index (χ1n) is 11.1. The largest absolute Gasteiger partial charge is 0.497 e. The van der Waals surface area contributed by atoms with Gasteiger partial charge in [0.15, 0.2) is 5.11 Å². The van der Waals surface area contributed by atoms with Gasteiger partial charge in [-0.2, -0.15) is 0 Å². The fourth-order valence-corrected chi connectivity index (χ4v) is 5.39. The Hall–Kier alpha value is -3.16. The number of halogens is 1. The van der Waals surface area contributed by atoms with E-state index in [1.807, 2.05) is 42.6 Å². The van der Waals surface area contributed by atoms with Crippen molar-refractivity contribution in [3.63, 3.8) is 0 Å². The van der Waals surface area contributed by atoms with Crippen LogP contribution in [0, 0.1) is 13.8 Å². The number of anilines is 1. The zero-order valence-corrected chi connectivity index (χ0v) is 21.6. The zero-order valence-electron chi connectivity index (χ0n) is 19.2. The summed E-state index contributed by atoms with van der Waals surface area (Å²) in [7, 11) is 1.69. The Kier molecular flexibility index (Phi) is 6.15. The molecule has 172 valence electrons. The fourth-order valence-electron chi connectivity index (χ4n) is 4.78. The van der Waals surface area contributed by atoms with Crippen LogP contribution in [0.15, 0.2) is 83.5 Å². The van der Waals surface area contributed by atoms with Crippen LogP contribution >= 0.6 is 28.1 Å². The number of rotatable bonds is 5. The van der Waals surface area contributed by atoms with Crippen molar-refractivity contribution in [3.05, 3.63) is 106 Å². The first-order valence-corrected chi connectivity index (χ1v) is 12.3. The fraction of sp³-hybridized carbons (Fsp3) is 0.185. The number of thiocarbonyl (C=S) groups is 1. The second kappa shape index (κ2) is 9.24. The monoisotopic (exact) mass is 532 g/mol. The van der Waals surface area contributed by atoms with E-state index >= 15 is 0 Å². The Morgan fingerprint density at radius 2 is 1.76 bits per heavy atom. The molecule has 7 heteroatoms. The van der Waals surface area contributed by atoms with Crippen LogP contribution in [0.4, 0.5) is 5.69 Å². The highest BCUT2D eigenvalue weighted by Crippen LogP contribution is 2.44. The molecule has 0 unspecified atom stereocenters. The SMILES string of the molecule is COc1cccc(-n2c(C)cc([C@@H]3[C@@H](c4ccccn4)NC(=S)N3c3ccc(Br)cc3)c2C)c1. The molecule has 2 aromatic heterocycles. The molecule has 1 aliphatic rings. The van der Waals surface area contributed by atoms with Gasteiger partial charge in [0.2, 0.25) is 0 Å². The second-order valence-electron chi connectivity index (χ2n) is 8.34. The highest BCUT2D eigenvalue weighted by atomic mass is 79.9. The standard InChI is InChI=1S/C27H25BrN4OS/c1-17-15-23(18(2)31(17)21-7-6-8-22(16-21)33-3)26-25(24-9-4-5-14-29-24)30-27(34)32(26)20-12-10-19(28)11-13-20/h4-16,25-26H,1-3H3,(H,30,34)/t25-,26-/m1/s1. The molecule has 1 fully saturated rings. The summed E-state index contributed by atoms with van der Waals surface area (Å²) in [5, 5.41) is 4.24. The predicted octanol–water partition coefficient (Wildman–Crippen LogP) is 6.44. The molecule has 0 bridgehead atoms. The number of methoxy groups -OCH3 is 1. The maximum absolute atomic E-state index is 5.87. The van der Waals surface area contributed by atoms with Crippen LogP contribution in [-0.2, 0) is 0 Å². The molecule has 5 nitrogen and oxygen atoms in total. The van der Waals surface area contributed by atoms with Crippen molar-refractivity contribution in [3.8, 4) is 11.4 Å². The Morgan fingerprint density at radius 1 is 0.971 bits per heavy atom. The maximum atomic E-state index is 5.87. The van der Waals surface area contributed by atoms with E-state index in [9.17, 15) is 0 Å². The zero-order chi connectivity index (χ0) is 23.8. The minimum atomic E-state index is -0.0865. The lowest BCUT2D eigenvalue weighted by Gasteiger charge is -2.28. The molecule has 0 amide bonds. The first kappa shape index (κ1) is 22.6. The van der Waals surface area contributed by atoms with Crippen molar-refractivity contribution in [1.29, 1.82) is 0 Å². The number of aryl methyl sites for hydroxylation is 1. The van der Waals surface area contributed by atoms with Gasteiger partial charge in [-0.15, -0.1) is 0 Å². The van der Waals surface area contributed by atoms with E-state index < -0.39 is 0 Å². The quantitative estimate of drug-likeness (QED) is 0.299. The molecule has 2 aromatic carbocycles. The van der Waals surface area contributed by atoms with Crippen molar-refractivity contribution in [1.82, 2.24) is 14.9 Å². The second-order valence-corrected chi connectivity index (χ2v) is 9.64. The molecule has 0 radical (unpaired) electrons. The van der Waals surface area contributed by atoms with Gasteiger partial charge in [0, 0.05) is 39.5 Å². The summed E-state index contributed by atoms with van der Waals surface area (Å²) >= 11 is 9.42. The predicted molar refractivity (Wildman–Crippen MR) is 144 cm³/mol. The molecule has 1 aliphatic heterocycles. The van der Waals surface area contributed by atoms with E-state index in [2.05, 4.69) is 85.9 Å². The van der Waals surface area contributed by atoms with Crippen molar-refractivity contribution in [2.45, 2.75) is 25.9 Å². The Balaban J connectivity index is 1.67. The average molecular weight is 533 g/mol. The highest BCUT2D eigenvalue weighted by Gasteiger charge is 2.42. The molecule has 4 aromatic rings. The number of nitrogens with one attached hydrogen (secondary N) is 1. The Bertz CT molecular complexity index is 1340. The topological polar surface area (TPSA) is 42.3 Å². The van der Waals surface area contributed by atoms with Crippen molar-refractivity contribution in [2.75, 3.05) is 12.0 Å². The van der Waals surface area contributed by atoms with Crippen LogP contribution in [-0.4, -0.2) is 21.8 Å². The number of hydrogen-bond acceptors (Lipinski definition) is 3. The van der Waals surface area contributed by atoms with Crippen molar-refractivity contribution in [2.24, 2.45) is 0 Å². The Labute approximate surface area is 213 Å². The van der Waals surface area contributed by atoms with Gasteiger partial charge in [-0.25, -0.2) is 0 Å². The van der Waals surface area contributed by atoms with Gasteiger partial charge in [-0.1, -0.05) is 28.1 Å². The minimum absolute atomic E-state index is 0.0610. The summed E-state index contributed by atoms with van der Waals surface area (Å²) in [5.41, 5.74) is 6.57. The van der Waals surface area contributed by atoms with Gasteiger partial charge in [0.25, 0.3) is 0 Å². The van der Waals surface area contributed by atoms with Gasteiger partial charge in [-0.3, -0.25) is 4.98 Å². The van der Waals surface area contributed by atoms with Gasteiger partial charge in [-0.05, 0) is 86.2 Å². The lowest BCUT2D eigenvalue weighted by molar-refractivity contribution is 0.414. The number of ether oxygens (including phenoxy) is 1. The summed E-state index contributed by atoms with van der Waals surface area (Å²) < 4.78 is 8.78. The van der Waals surface area contributed by atoms with Crippen LogP contribution in [0.2, 0.25) is 0 Å². The summed E-state index contributed by atoms with van der Waals surface area (Å²) in [6, 6.07) is 24.5. The van der Waals surface area contributed by atoms with E-state index in [0.29, 0.717) is 5.11 Å². The van der Waals surface area contributed by atoms with Gasteiger partial charge < -0.3 is 19.5 Å². The smallest absolute Gasteiger partial charge is 0.174 e. The molecule has 0 aliphatic carbocycles. The minimum Gasteiger partial charge on any atom is -0.497 e. The summed E-state index contributed by atoms with van der Waals surface area (Å²) in [6.45, 7) is 4.30. The molecule has 1 saturated heterocycles. The van der Waals surface area contributed by atoms with E-state index in [1.54, 1.807) is 7.11 Å². The van der Waals surface area contributed by atoms with Crippen LogP contribution < -0.4 is 15.0 Å². The molecule has 0 saturated carbocycles. The van der Waals surface area contributed by atoms with E-state index in [4.69, 9.17) is 17.0 Å². The molecule has 1 N–H and O–H groups in total. The molecular formula is C27H25BrN4OS. The lowest BCUT2D eigenvalue weighted by Crippen LogP contribution is -2.29. The number of hydrogen-bond donors (Lipinski definition) is 1. The summed E-state index contributed by atoms with van der Waals surface area (Å²) in [5.74, 6) is 0.832. The summed E-state index contributed by atoms with van der Waals surface area (Å²) in [4.78, 5) is 6.88. The average Bonchev–Trinajstić information content (AvgIpc) is 3.35. The first-order chi connectivity index (χ1) is 16.5. The van der Waals surface area contributed by atoms with Crippen LogP contribution in [0.1, 0.15) is 34.7 Å². The molecule has 0 spiro atoms. The normalized spacial score (nSPS) is 17.6. The highest BCUT2D eigenvalue weighted by molar-refractivity contribution is 9.10. The van der Waals surface area contributed by atoms with Crippen molar-refractivity contribution >= 4 is 38.9 Å². The molecular weight excluding hydrogens is 508 g/mol. The van der Waals surface area contributed by atoms with Crippen LogP contribution in [0.3, 0.4) is 0 Å². The van der Waals surface area contributed by atoms with Crippen LogP contribution in [0.25, 0.3) is 5.69 Å². The van der Waals surface area contributed by atoms with Crippen molar-refractivity contribution < 1.29 is 4.74 Å². The van der Waals surface area contributed by atoms with Gasteiger partial charge in [0.1, 0.15) is 5.75 Å². The number of aromatic nitrogens is 2. The molecule has 34 heavy (non-hydrogen) atoms. The number of pyridine rings is 1. The third-order valence-corrected chi connectivity index (χ3v) is 7.15. The Morgan fingerprint density at radius 3 is 2.47 bits per heavy atom. The summed E-state index contributed by atoms with van der Waals surface area (Å²) in [6.07, 6.45) is 1.83. The van der Waals surface area contributed by atoms with E-state index in [1.165, 1.54) is 5.56 Å². The number of nitrogens with zero attached hydrogens (tertiary/aromatic N) is 3. The lowest BCUT2D eigenvalue weighted by atomic mass is 9.96. The molecule has 5 rings (SSSR count). The van der Waals surface area contributed by atoms with Gasteiger partial charge in [0.05, 0.1) is 24.9 Å². The maximum Gasteiger partial charge on any atom is 0.174 e. The van der Waals surface area contributed by atoms with E-state index in [-0.39, 0.29) is 12.1 Å².